The Kier molecular flexibility index (Phi) is 3.33. The number of nitrogens with zero attached hydrogens (tertiary/aromatic N) is 2. The third-order valence-electron chi connectivity index (χ3n) is 3.08. The lowest BCUT2D eigenvalue weighted by molar-refractivity contribution is -0.141. The Balaban J connectivity index is 2.23. The first-order valence-corrected chi connectivity index (χ1v) is 5.52. The molecule has 98 valence electrons. The van der Waals surface area contributed by atoms with Gasteiger partial charge >= 0.3 is 5.97 Å². The minimum absolute atomic E-state index is 0.0815. The molecule has 0 spiro atoms. The Morgan fingerprint density at radius 1 is 1.61 bits per heavy atom. The lowest BCUT2D eigenvalue weighted by Gasteiger charge is -2.19. The molecule has 18 heavy (non-hydrogen) atoms. The molecule has 0 saturated carbocycles. The van der Waals surface area contributed by atoms with Gasteiger partial charge in [-0.25, -0.2) is 4.79 Å². The molecule has 1 amide bonds. The van der Waals surface area contributed by atoms with Crippen molar-refractivity contribution in [3.8, 4) is 0 Å². The maximum Gasteiger partial charge on any atom is 0.326 e. The molecule has 2 unspecified atom stereocenters. The van der Waals surface area contributed by atoms with Crippen LogP contribution in [0.3, 0.4) is 0 Å². The van der Waals surface area contributed by atoms with Gasteiger partial charge in [0.15, 0.2) is 0 Å². The summed E-state index contributed by atoms with van der Waals surface area (Å²) < 4.78 is 9.98. The van der Waals surface area contributed by atoms with E-state index >= 15 is 0 Å². The molecule has 1 aromatic heterocycles. The van der Waals surface area contributed by atoms with Crippen molar-refractivity contribution in [2.45, 2.75) is 25.5 Å². The number of ether oxygens (including phenoxy) is 1. The summed E-state index contributed by atoms with van der Waals surface area (Å²) in [5, 5.41) is 12.6. The predicted molar refractivity (Wildman–Crippen MR) is 59.1 cm³/mol. The topological polar surface area (TPSA) is 92.9 Å². The van der Waals surface area contributed by atoms with Gasteiger partial charge in [0, 0.05) is 25.6 Å². The third kappa shape index (κ3) is 2.08. The number of carbonyl (C=O) groups is 2. The van der Waals surface area contributed by atoms with Crippen molar-refractivity contribution < 1.29 is 24.0 Å². The molecule has 1 aliphatic heterocycles. The molecule has 1 N–H and O–H groups in total. The summed E-state index contributed by atoms with van der Waals surface area (Å²) >= 11 is 0. The zero-order valence-electron chi connectivity index (χ0n) is 10.1. The second-order valence-electron chi connectivity index (χ2n) is 4.24. The lowest BCUT2D eigenvalue weighted by Crippen LogP contribution is -2.40. The van der Waals surface area contributed by atoms with Gasteiger partial charge in [-0.3, -0.25) is 4.79 Å². The molecule has 7 heteroatoms. The zero-order chi connectivity index (χ0) is 13.3. The number of carbonyl (C=O) groups excluding carboxylic acids is 1. The van der Waals surface area contributed by atoms with Crippen LogP contribution in [0.1, 0.15) is 22.5 Å². The van der Waals surface area contributed by atoms with Crippen molar-refractivity contribution in [1.82, 2.24) is 10.1 Å². The third-order valence-corrected chi connectivity index (χ3v) is 3.08. The van der Waals surface area contributed by atoms with Crippen molar-refractivity contribution in [1.29, 1.82) is 0 Å². The maximum atomic E-state index is 12.2. The molecule has 0 aromatic carbocycles. The van der Waals surface area contributed by atoms with Crippen LogP contribution in [-0.4, -0.2) is 52.8 Å². The van der Waals surface area contributed by atoms with Crippen molar-refractivity contribution in [2.75, 3.05) is 13.7 Å². The SMILES string of the molecule is COC1CC(C(=O)O)N(C(=O)c2oncc2C)C1. The Morgan fingerprint density at radius 2 is 2.33 bits per heavy atom. The monoisotopic (exact) mass is 254 g/mol. The molecule has 1 fully saturated rings. The highest BCUT2D eigenvalue weighted by molar-refractivity contribution is 5.95. The van der Waals surface area contributed by atoms with Gasteiger partial charge in [0.2, 0.25) is 5.76 Å². The minimum Gasteiger partial charge on any atom is -0.480 e. The number of rotatable bonds is 3. The van der Waals surface area contributed by atoms with Gasteiger partial charge in [-0.1, -0.05) is 5.16 Å². The van der Waals surface area contributed by atoms with Crippen LogP contribution in [0.2, 0.25) is 0 Å². The first-order chi connectivity index (χ1) is 8.54. The fourth-order valence-corrected chi connectivity index (χ4v) is 2.05. The number of aliphatic carboxylic acids is 1. The molecule has 7 nitrogen and oxygen atoms in total. The summed E-state index contributed by atoms with van der Waals surface area (Å²) in [5.74, 6) is -1.42. The van der Waals surface area contributed by atoms with Crippen LogP contribution in [0, 0.1) is 6.92 Å². The first-order valence-electron chi connectivity index (χ1n) is 5.52. The van der Waals surface area contributed by atoms with E-state index in [9.17, 15) is 9.59 Å². The fraction of sp³-hybridized carbons (Fsp3) is 0.545. The highest BCUT2D eigenvalue weighted by Gasteiger charge is 2.41. The van der Waals surface area contributed by atoms with Crippen LogP contribution < -0.4 is 0 Å². The number of carboxylic acids is 1. The van der Waals surface area contributed by atoms with E-state index in [1.807, 2.05) is 0 Å². The number of carboxylic acid groups (broad SMARTS) is 1. The summed E-state index contributed by atoms with van der Waals surface area (Å²) in [7, 11) is 1.50. The van der Waals surface area contributed by atoms with E-state index in [-0.39, 0.29) is 24.8 Å². The first kappa shape index (κ1) is 12.6. The van der Waals surface area contributed by atoms with E-state index in [1.54, 1.807) is 6.92 Å². The predicted octanol–water partition coefficient (Wildman–Crippen LogP) is 0.297. The molecule has 1 saturated heterocycles. The summed E-state index contributed by atoms with van der Waals surface area (Å²) in [6.45, 7) is 1.93. The van der Waals surface area contributed by atoms with E-state index in [0.717, 1.165) is 0 Å². The minimum atomic E-state index is -1.04. The van der Waals surface area contributed by atoms with Crippen LogP contribution in [-0.2, 0) is 9.53 Å². The Bertz CT molecular complexity index is 470. The van der Waals surface area contributed by atoms with Crippen LogP contribution in [0.25, 0.3) is 0 Å². The molecule has 0 bridgehead atoms. The lowest BCUT2D eigenvalue weighted by atomic mass is 10.2. The fourth-order valence-electron chi connectivity index (χ4n) is 2.05. The summed E-state index contributed by atoms with van der Waals surface area (Å²) in [6, 6.07) is -0.882. The number of hydrogen-bond acceptors (Lipinski definition) is 5. The summed E-state index contributed by atoms with van der Waals surface area (Å²) in [6.07, 6.45) is 1.44. The summed E-state index contributed by atoms with van der Waals surface area (Å²) in [4.78, 5) is 24.6. The second kappa shape index (κ2) is 4.77. The van der Waals surface area contributed by atoms with Crippen LogP contribution in [0.4, 0.5) is 0 Å². The quantitative estimate of drug-likeness (QED) is 0.833. The van der Waals surface area contributed by atoms with Crippen molar-refractivity contribution in [2.24, 2.45) is 0 Å². The number of aryl methyl sites for hydroxylation is 1. The van der Waals surface area contributed by atoms with Crippen LogP contribution in [0.15, 0.2) is 10.7 Å². The molecule has 1 aromatic rings. The van der Waals surface area contributed by atoms with Gasteiger partial charge < -0.3 is 19.3 Å². The zero-order valence-corrected chi connectivity index (χ0v) is 10.1. The van der Waals surface area contributed by atoms with Crippen molar-refractivity contribution in [3.05, 3.63) is 17.5 Å². The van der Waals surface area contributed by atoms with Crippen molar-refractivity contribution in [3.63, 3.8) is 0 Å². The smallest absolute Gasteiger partial charge is 0.326 e. The average molecular weight is 254 g/mol. The van der Waals surface area contributed by atoms with Gasteiger partial charge in [0.05, 0.1) is 12.3 Å². The Morgan fingerprint density at radius 3 is 2.83 bits per heavy atom. The van der Waals surface area contributed by atoms with Gasteiger partial charge in [-0.2, -0.15) is 0 Å². The van der Waals surface area contributed by atoms with Gasteiger partial charge in [0.25, 0.3) is 5.91 Å². The van der Waals surface area contributed by atoms with Gasteiger partial charge in [0.1, 0.15) is 6.04 Å². The van der Waals surface area contributed by atoms with Crippen molar-refractivity contribution >= 4 is 11.9 Å². The number of aromatic nitrogens is 1. The highest BCUT2D eigenvalue weighted by Crippen LogP contribution is 2.23. The number of amides is 1. The van der Waals surface area contributed by atoms with E-state index in [0.29, 0.717) is 5.56 Å². The molecular formula is C11H14N2O5. The molecule has 2 heterocycles. The Labute approximate surface area is 103 Å². The molecule has 0 aliphatic carbocycles. The molecule has 2 atom stereocenters. The standard InChI is InChI=1S/C11H14N2O5/c1-6-4-12-18-9(6)10(14)13-5-7(17-2)3-8(13)11(15)16/h4,7-8H,3,5H2,1-2H3,(H,15,16). The number of hydrogen-bond donors (Lipinski definition) is 1. The normalized spacial score (nSPS) is 23.3. The summed E-state index contributed by atoms with van der Waals surface area (Å²) in [5.41, 5.74) is 0.588. The highest BCUT2D eigenvalue weighted by atomic mass is 16.5. The van der Waals surface area contributed by atoms with Gasteiger partial charge in [-0.15, -0.1) is 0 Å². The number of methoxy groups -OCH3 is 1. The van der Waals surface area contributed by atoms with Crippen LogP contribution >= 0.6 is 0 Å². The maximum absolute atomic E-state index is 12.2. The molecular weight excluding hydrogens is 240 g/mol. The average Bonchev–Trinajstić information content (AvgIpc) is 2.93. The molecule has 1 aliphatic rings. The van der Waals surface area contributed by atoms with Gasteiger partial charge in [-0.05, 0) is 6.92 Å². The van der Waals surface area contributed by atoms with E-state index < -0.39 is 17.9 Å². The number of likely N-dealkylation sites (tertiary alicyclic amines) is 1. The molecule has 2 rings (SSSR count). The van der Waals surface area contributed by atoms with E-state index in [1.165, 1.54) is 18.2 Å². The molecule has 0 radical (unpaired) electrons. The van der Waals surface area contributed by atoms with E-state index in [4.69, 9.17) is 14.4 Å². The van der Waals surface area contributed by atoms with Crippen LogP contribution in [0.5, 0.6) is 0 Å². The second-order valence-corrected chi connectivity index (χ2v) is 4.24. The van der Waals surface area contributed by atoms with E-state index in [2.05, 4.69) is 5.16 Å². The Hall–Kier alpha value is -1.89. The largest absolute Gasteiger partial charge is 0.480 e.